The van der Waals surface area contributed by atoms with Crippen molar-refractivity contribution in [3.05, 3.63) is 29.8 Å². The molecular formula is C13H18N2O2. The Hall–Kier alpha value is -1.55. The fourth-order valence-corrected chi connectivity index (χ4v) is 2.25. The summed E-state index contributed by atoms with van der Waals surface area (Å²) in [6.07, 6.45) is 0. The smallest absolute Gasteiger partial charge is 0.327 e. The van der Waals surface area contributed by atoms with Crippen LogP contribution in [0.4, 0.5) is 5.69 Å². The van der Waals surface area contributed by atoms with Crippen LogP contribution in [0.2, 0.25) is 0 Å². The topological polar surface area (TPSA) is 43.8 Å². The highest BCUT2D eigenvalue weighted by Crippen LogP contribution is 2.21. The summed E-state index contributed by atoms with van der Waals surface area (Å²) in [5, 5.41) is 9.29. The van der Waals surface area contributed by atoms with Gasteiger partial charge < -0.3 is 14.9 Å². The van der Waals surface area contributed by atoms with Crippen LogP contribution in [0.15, 0.2) is 24.3 Å². The first kappa shape index (κ1) is 11.9. The number of aliphatic carboxylic acids is 1. The summed E-state index contributed by atoms with van der Waals surface area (Å²) in [6.45, 7) is 4.26. The van der Waals surface area contributed by atoms with E-state index in [9.17, 15) is 9.90 Å². The average molecular weight is 234 g/mol. The highest BCUT2D eigenvalue weighted by molar-refractivity contribution is 5.79. The number of benzene rings is 1. The maximum Gasteiger partial charge on any atom is 0.327 e. The SMILES string of the molecule is Cc1cccc(N2CCN(C)CC2C(=O)O)c1. The Morgan fingerprint density at radius 1 is 1.41 bits per heavy atom. The van der Waals surface area contributed by atoms with Crippen LogP contribution in [0.1, 0.15) is 5.56 Å². The van der Waals surface area contributed by atoms with E-state index in [1.165, 1.54) is 0 Å². The zero-order valence-corrected chi connectivity index (χ0v) is 10.3. The molecule has 2 rings (SSSR count). The third kappa shape index (κ3) is 2.58. The molecule has 1 aliphatic rings. The molecule has 0 spiro atoms. The van der Waals surface area contributed by atoms with E-state index in [1.54, 1.807) is 0 Å². The highest BCUT2D eigenvalue weighted by Gasteiger charge is 2.30. The van der Waals surface area contributed by atoms with Crippen molar-refractivity contribution >= 4 is 11.7 Å². The van der Waals surface area contributed by atoms with Crippen molar-refractivity contribution in [3.8, 4) is 0 Å². The molecule has 4 nitrogen and oxygen atoms in total. The molecular weight excluding hydrogens is 216 g/mol. The van der Waals surface area contributed by atoms with Crippen molar-refractivity contribution in [1.82, 2.24) is 4.90 Å². The second kappa shape index (κ2) is 4.75. The number of anilines is 1. The molecule has 0 bridgehead atoms. The summed E-state index contributed by atoms with van der Waals surface area (Å²) < 4.78 is 0. The lowest BCUT2D eigenvalue weighted by Gasteiger charge is -2.39. The van der Waals surface area contributed by atoms with Crippen molar-refractivity contribution < 1.29 is 9.90 Å². The lowest BCUT2D eigenvalue weighted by atomic mass is 10.1. The number of carbonyl (C=O) groups is 1. The van der Waals surface area contributed by atoms with Gasteiger partial charge >= 0.3 is 5.97 Å². The molecule has 4 heteroatoms. The Labute approximate surface area is 101 Å². The number of aryl methyl sites for hydroxylation is 1. The van der Waals surface area contributed by atoms with E-state index in [0.29, 0.717) is 6.54 Å². The highest BCUT2D eigenvalue weighted by atomic mass is 16.4. The maximum absolute atomic E-state index is 11.3. The van der Waals surface area contributed by atoms with Gasteiger partial charge in [-0.15, -0.1) is 0 Å². The van der Waals surface area contributed by atoms with Crippen LogP contribution in [0.25, 0.3) is 0 Å². The summed E-state index contributed by atoms with van der Waals surface area (Å²) in [7, 11) is 1.96. The first-order valence-corrected chi connectivity index (χ1v) is 5.82. The van der Waals surface area contributed by atoms with Crippen LogP contribution < -0.4 is 4.90 Å². The van der Waals surface area contributed by atoms with Gasteiger partial charge in [-0.3, -0.25) is 0 Å². The van der Waals surface area contributed by atoms with Gasteiger partial charge in [0.2, 0.25) is 0 Å². The molecule has 0 saturated carbocycles. The minimum absolute atomic E-state index is 0.449. The summed E-state index contributed by atoms with van der Waals surface area (Å²) in [4.78, 5) is 15.3. The molecule has 1 N–H and O–H groups in total. The molecule has 0 aliphatic carbocycles. The first-order chi connectivity index (χ1) is 8.08. The van der Waals surface area contributed by atoms with Gasteiger partial charge in [0.25, 0.3) is 0 Å². The van der Waals surface area contributed by atoms with E-state index in [0.717, 1.165) is 24.3 Å². The standard InChI is InChI=1S/C13H18N2O2/c1-10-4-3-5-11(8-10)15-7-6-14(2)9-12(15)13(16)17/h3-5,8,12H,6-7,9H2,1-2H3,(H,16,17). The van der Waals surface area contributed by atoms with Gasteiger partial charge in [-0.1, -0.05) is 12.1 Å². The number of rotatable bonds is 2. The van der Waals surface area contributed by atoms with Gasteiger partial charge in [-0.25, -0.2) is 4.79 Å². The molecule has 1 heterocycles. The number of carboxylic acids is 1. The van der Waals surface area contributed by atoms with Crippen LogP contribution in [0.3, 0.4) is 0 Å². The number of piperazine rings is 1. The molecule has 1 aromatic rings. The normalized spacial score (nSPS) is 21.5. The molecule has 0 radical (unpaired) electrons. The fourth-order valence-electron chi connectivity index (χ4n) is 2.25. The molecule has 1 unspecified atom stereocenters. The lowest BCUT2D eigenvalue weighted by Crippen LogP contribution is -2.55. The van der Waals surface area contributed by atoms with E-state index < -0.39 is 12.0 Å². The van der Waals surface area contributed by atoms with E-state index in [2.05, 4.69) is 4.90 Å². The Bertz CT molecular complexity index is 420. The lowest BCUT2D eigenvalue weighted by molar-refractivity contribution is -0.139. The van der Waals surface area contributed by atoms with Crippen LogP contribution >= 0.6 is 0 Å². The summed E-state index contributed by atoms with van der Waals surface area (Å²) in [6, 6.07) is 7.57. The fraction of sp³-hybridized carbons (Fsp3) is 0.462. The van der Waals surface area contributed by atoms with Gasteiger partial charge in [-0.2, -0.15) is 0 Å². The summed E-state index contributed by atoms with van der Waals surface area (Å²) >= 11 is 0. The van der Waals surface area contributed by atoms with Gasteiger partial charge in [0.1, 0.15) is 6.04 Å². The molecule has 17 heavy (non-hydrogen) atoms. The Morgan fingerprint density at radius 3 is 2.82 bits per heavy atom. The molecule has 0 amide bonds. The van der Waals surface area contributed by atoms with Crippen LogP contribution in [-0.2, 0) is 4.79 Å². The minimum atomic E-state index is -0.752. The summed E-state index contributed by atoms with van der Waals surface area (Å²) in [5.74, 6) is -0.752. The molecule has 0 aromatic heterocycles. The number of hydrogen-bond donors (Lipinski definition) is 1. The van der Waals surface area contributed by atoms with Crippen molar-refractivity contribution in [2.24, 2.45) is 0 Å². The predicted octanol–water partition coefficient (Wildman–Crippen LogP) is 1.20. The van der Waals surface area contributed by atoms with E-state index in [4.69, 9.17) is 0 Å². The van der Waals surface area contributed by atoms with Crippen molar-refractivity contribution in [3.63, 3.8) is 0 Å². The number of nitrogens with zero attached hydrogens (tertiary/aromatic N) is 2. The third-order valence-corrected chi connectivity index (χ3v) is 3.20. The first-order valence-electron chi connectivity index (χ1n) is 5.82. The van der Waals surface area contributed by atoms with Crippen LogP contribution in [-0.4, -0.2) is 48.7 Å². The number of likely N-dealkylation sites (N-methyl/N-ethyl adjacent to an activating group) is 1. The number of hydrogen-bond acceptors (Lipinski definition) is 3. The van der Waals surface area contributed by atoms with E-state index in [-0.39, 0.29) is 0 Å². The van der Waals surface area contributed by atoms with Gasteiger partial charge in [0, 0.05) is 25.3 Å². The zero-order chi connectivity index (χ0) is 12.4. The maximum atomic E-state index is 11.3. The minimum Gasteiger partial charge on any atom is -0.480 e. The second-order valence-electron chi connectivity index (χ2n) is 4.65. The Balaban J connectivity index is 2.26. The molecule has 1 aromatic carbocycles. The van der Waals surface area contributed by atoms with E-state index in [1.807, 2.05) is 43.1 Å². The second-order valence-corrected chi connectivity index (χ2v) is 4.65. The molecule has 1 fully saturated rings. The predicted molar refractivity (Wildman–Crippen MR) is 67.4 cm³/mol. The van der Waals surface area contributed by atoms with Gasteiger partial charge in [-0.05, 0) is 31.7 Å². The van der Waals surface area contributed by atoms with Crippen molar-refractivity contribution in [2.45, 2.75) is 13.0 Å². The molecule has 92 valence electrons. The van der Waals surface area contributed by atoms with Crippen molar-refractivity contribution in [2.75, 3.05) is 31.6 Å². The monoisotopic (exact) mass is 234 g/mol. The Kier molecular flexibility index (Phi) is 3.33. The van der Waals surface area contributed by atoms with E-state index >= 15 is 0 Å². The van der Waals surface area contributed by atoms with Gasteiger partial charge in [0.05, 0.1) is 0 Å². The number of carboxylic acid groups (broad SMARTS) is 1. The quantitative estimate of drug-likeness (QED) is 0.835. The van der Waals surface area contributed by atoms with Crippen LogP contribution in [0, 0.1) is 6.92 Å². The molecule has 1 aliphatic heterocycles. The zero-order valence-electron chi connectivity index (χ0n) is 10.3. The van der Waals surface area contributed by atoms with Crippen LogP contribution in [0.5, 0.6) is 0 Å². The largest absolute Gasteiger partial charge is 0.480 e. The van der Waals surface area contributed by atoms with Gasteiger partial charge in [0.15, 0.2) is 0 Å². The third-order valence-electron chi connectivity index (χ3n) is 3.20. The van der Waals surface area contributed by atoms with Crippen molar-refractivity contribution in [1.29, 1.82) is 0 Å². The molecule has 1 saturated heterocycles. The summed E-state index contributed by atoms with van der Waals surface area (Å²) in [5.41, 5.74) is 2.16. The molecule has 1 atom stereocenters. The Morgan fingerprint density at radius 2 is 2.18 bits per heavy atom. The average Bonchev–Trinajstić information content (AvgIpc) is 2.28.